The van der Waals surface area contributed by atoms with Gasteiger partial charge in [-0.1, -0.05) is 0 Å². The lowest BCUT2D eigenvalue weighted by Crippen LogP contribution is -1.97. The topological polar surface area (TPSA) is 65.6 Å². The van der Waals surface area contributed by atoms with Gasteiger partial charge in [0.05, 0.1) is 11.3 Å². The number of carbonyl (C=O) groups is 1. The van der Waals surface area contributed by atoms with Crippen LogP contribution in [0.15, 0.2) is 16.5 Å². The van der Waals surface area contributed by atoms with Gasteiger partial charge in [0.15, 0.2) is 11.4 Å². The van der Waals surface area contributed by atoms with Crippen molar-refractivity contribution in [1.29, 1.82) is 0 Å². The lowest BCUT2D eigenvalue weighted by atomic mass is 10.3. The van der Waals surface area contributed by atoms with Crippen LogP contribution in [0.4, 0.5) is 0 Å². The molecule has 2 aromatic rings. The molecule has 0 bridgehead atoms. The van der Waals surface area contributed by atoms with Crippen LogP contribution in [0, 0.1) is 6.92 Å². The molecule has 6 nitrogen and oxygen atoms in total. The first-order valence-electron chi connectivity index (χ1n) is 4.64. The second kappa shape index (κ2) is 4.09. The van der Waals surface area contributed by atoms with E-state index < -0.39 is 0 Å². The molecule has 0 aliphatic rings. The molecule has 0 N–H and O–H groups in total. The predicted octanol–water partition coefficient (Wildman–Crippen LogP) is 0.821. The summed E-state index contributed by atoms with van der Waals surface area (Å²) in [4.78, 5) is 15.1. The highest BCUT2D eigenvalue weighted by Gasteiger charge is 2.15. The van der Waals surface area contributed by atoms with Crippen LogP contribution in [-0.2, 0) is 14.1 Å². The van der Waals surface area contributed by atoms with Gasteiger partial charge >= 0.3 is 0 Å². The van der Waals surface area contributed by atoms with Gasteiger partial charge in [-0.15, -0.1) is 0 Å². The fraction of sp³-hybridized carbons (Fsp3) is 0.333. The van der Waals surface area contributed by atoms with Crippen molar-refractivity contribution < 1.29 is 4.79 Å². The molecule has 2 rings (SSSR count). The standard InChI is InChI=1S/C9H11N5OS/c1-6-7(4-15)8(13(2)12-6)16-9-10-5-11-14(9)3/h4-5H,1-3H3. The lowest BCUT2D eigenvalue weighted by molar-refractivity contribution is 0.112. The van der Waals surface area contributed by atoms with Crippen LogP contribution < -0.4 is 0 Å². The van der Waals surface area contributed by atoms with Crippen LogP contribution in [0.3, 0.4) is 0 Å². The van der Waals surface area contributed by atoms with Crippen LogP contribution in [0.2, 0.25) is 0 Å². The van der Waals surface area contributed by atoms with Crippen molar-refractivity contribution in [3.63, 3.8) is 0 Å². The molecule has 0 spiro atoms. The molecule has 0 aliphatic heterocycles. The Labute approximate surface area is 96.7 Å². The highest BCUT2D eigenvalue weighted by atomic mass is 32.2. The Morgan fingerprint density at radius 3 is 2.69 bits per heavy atom. The zero-order valence-electron chi connectivity index (χ0n) is 9.21. The summed E-state index contributed by atoms with van der Waals surface area (Å²) in [7, 11) is 3.61. The van der Waals surface area contributed by atoms with E-state index in [0.29, 0.717) is 5.56 Å². The van der Waals surface area contributed by atoms with Gasteiger partial charge in [0.2, 0.25) is 0 Å². The number of aromatic nitrogens is 5. The molecular formula is C9H11N5OS. The minimum atomic E-state index is 0.607. The van der Waals surface area contributed by atoms with Crippen molar-refractivity contribution in [3.05, 3.63) is 17.6 Å². The van der Waals surface area contributed by atoms with Crippen molar-refractivity contribution >= 4 is 18.0 Å². The fourth-order valence-corrected chi connectivity index (χ4v) is 2.31. The Hall–Kier alpha value is -1.63. The third kappa shape index (κ3) is 1.73. The molecule has 0 radical (unpaired) electrons. The van der Waals surface area contributed by atoms with Gasteiger partial charge in [0, 0.05) is 14.1 Å². The maximum Gasteiger partial charge on any atom is 0.192 e. The van der Waals surface area contributed by atoms with Gasteiger partial charge < -0.3 is 0 Å². The zero-order chi connectivity index (χ0) is 11.7. The molecule has 0 aromatic carbocycles. The molecule has 0 saturated carbocycles. The molecule has 16 heavy (non-hydrogen) atoms. The molecule has 7 heteroatoms. The maximum atomic E-state index is 11.0. The number of hydrogen-bond donors (Lipinski definition) is 0. The van der Waals surface area contributed by atoms with E-state index in [1.54, 1.807) is 23.5 Å². The minimum absolute atomic E-state index is 0.607. The average Bonchev–Trinajstić information content (AvgIpc) is 2.74. The summed E-state index contributed by atoms with van der Waals surface area (Å²) in [6.45, 7) is 1.81. The summed E-state index contributed by atoms with van der Waals surface area (Å²) < 4.78 is 3.33. The molecule has 0 saturated heterocycles. The van der Waals surface area contributed by atoms with Gasteiger partial charge in [-0.3, -0.25) is 9.48 Å². The Morgan fingerprint density at radius 2 is 2.12 bits per heavy atom. The molecule has 2 aromatic heterocycles. The van der Waals surface area contributed by atoms with Gasteiger partial charge in [-0.05, 0) is 18.7 Å². The first-order valence-corrected chi connectivity index (χ1v) is 5.45. The quantitative estimate of drug-likeness (QED) is 0.739. The van der Waals surface area contributed by atoms with Crippen LogP contribution >= 0.6 is 11.8 Å². The number of aldehydes is 1. The Bertz CT molecular complexity index is 530. The van der Waals surface area contributed by atoms with Crippen LogP contribution in [0.1, 0.15) is 16.1 Å². The van der Waals surface area contributed by atoms with Gasteiger partial charge in [0.1, 0.15) is 11.4 Å². The summed E-state index contributed by atoms with van der Waals surface area (Å²) in [6, 6.07) is 0. The van der Waals surface area contributed by atoms with Crippen molar-refractivity contribution in [2.75, 3.05) is 0 Å². The maximum absolute atomic E-state index is 11.0. The predicted molar refractivity (Wildman–Crippen MR) is 58.5 cm³/mol. The Balaban J connectivity index is 2.41. The molecule has 0 atom stereocenters. The fourth-order valence-electron chi connectivity index (χ4n) is 1.37. The monoisotopic (exact) mass is 237 g/mol. The largest absolute Gasteiger partial charge is 0.298 e. The molecule has 0 fully saturated rings. The summed E-state index contributed by atoms with van der Waals surface area (Å²) in [5.74, 6) is 0. The van der Waals surface area contributed by atoms with E-state index in [4.69, 9.17) is 0 Å². The van der Waals surface area contributed by atoms with E-state index in [1.807, 2.05) is 6.92 Å². The van der Waals surface area contributed by atoms with Crippen molar-refractivity contribution in [3.8, 4) is 0 Å². The highest BCUT2D eigenvalue weighted by Crippen LogP contribution is 2.28. The van der Waals surface area contributed by atoms with Crippen LogP contribution in [-0.4, -0.2) is 30.8 Å². The third-order valence-corrected chi connectivity index (χ3v) is 3.42. The van der Waals surface area contributed by atoms with Crippen molar-refractivity contribution in [2.45, 2.75) is 17.1 Å². The number of rotatable bonds is 3. The molecular weight excluding hydrogens is 226 g/mol. The summed E-state index contributed by atoms with van der Waals surface area (Å²) in [5.41, 5.74) is 1.33. The minimum Gasteiger partial charge on any atom is -0.298 e. The molecule has 2 heterocycles. The normalized spacial score (nSPS) is 10.7. The smallest absolute Gasteiger partial charge is 0.192 e. The Morgan fingerprint density at radius 1 is 1.38 bits per heavy atom. The van der Waals surface area contributed by atoms with Gasteiger partial charge in [0.25, 0.3) is 0 Å². The lowest BCUT2D eigenvalue weighted by Gasteiger charge is -2.01. The van der Waals surface area contributed by atoms with E-state index in [9.17, 15) is 4.79 Å². The van der Waals surface area contributed by atoms with E-state index in [2.05, 4.69) is 15.2 Å². The zero-order valence-corrected chi connectivity index (χ0v) is 10.0. The number of hydrogen-bond acceptors (Lipinski definition) is 5. The second-order valence-electron chi connectivity index (χ2n) is 3.31. The van der Waals surface area contributed by atoms with E-state index in [0.717, 1.165) is 22.2 Å². The molecule has 0 amide bonds. The average molecular weight is 237 g/mol. The first-order chi connectivity index (χ1) is 7.63. The summed E-state index contributed by atoms with van der Waals surface area (Å²) in [5, 5.41) is 9.68. The van der Waals surface area contributed by atoms with Crippen molar-refractivity contribution in [1.82, 2.24) is 24.5 Å². The first kappa shape index (κ1) is 10.9. The molecule has 0 unspecified atom stereocenters. The molecule has 84 valence electrons. The summed E-state index contributed by atoms with van der Waals surface area (Å²) >= 11 is 1.38. The van der Waals surface area contributed by atoms with E-state index >= 15 is 0 Å². The van der Waals surface area contributed by atoms with Crippen LogP contribution in [0.25, 0.3) is 0 Å². The van der Waals surface area contributed by atoms with Gasteiger partial charge in [-0.25, -0.2) is 9.67 Å². The highest BCUT2D eigenvalue weighted by molar-refractivity contribution is 7.99. The second-order valence-corrected chi connectivity index (χ2v) is 4.27. The van der Waals surface area contributed by atoms with E-state index in [-0.39, 0.29) is 0 Å². The Kier molecular flexibility index (Phi) is 2.78. The molecule has 0 aliphatic carbocycles. The third-order valence-electron chi connectivity index (χ3n) is 2.19. The SMILES string of the molecule is Cc1nn(C)c(Sc2ncnn2C)c1C=O. The number of nitrogens with zero attached hydrogens (tertiary/aromatic N) is 5. The van der Waals surface area contributed by atoms with E-state index in [1.165, 1.54) is 18.1 Å². The number of carbonyl (C=O) groups excluding carboxylic acids is 1. The van der Waals surface area contributed by atoms with Crippen molar-refractivity contribution in [2.24, 2.45) is 14.1 Å². The number of aryl methyl sites for hydroxylation is 3. The van der Waals surface area contributed by atoms with Crippen LogP contribution in [0.5, 0.6) is 0 Å². The summed E-state index contributed by atoms with van der Waals surface area (Å²) in [6.07, 6.45) is 2.30. The van der Waals surface area contributed by atoms with Gasteiger partial charge in [-0.2, -0.15) is 10.2 Å².